The number of halogens is 4. The van der Waals surface area contributed by atoms with Gasteiger partial charge in [0.15, 0.2) is 0 Å². The number of benzene rings is 1. The average molecular weight is 445 g/mol. The molecule has 2 rings (SSSR count). The lowest BCUT2D eigenvalue weighted by Crippen LogP contribution is -2.30. The fourth-order valence-corrected chi connectivity index (χ4v) is 4.21. The fourth-order valence-electron chi connectivity index (χ4n) is 2.64. The van der Waals surface area contributed by atoms with Crippen molar-refractivity contribution in [1.29, 1.82) is 0 Å². The molecule has 0 saturated heterocycles. The van der Waals surface area contributed by atoms with Gasteiger partial charge in [-0.15, -0.1) is 0 Å². The summed E-state index contributed by atoms with van der Waals surface area (Å²) in [6.45, 7) is 0.690. The molecule has 1 saturated carbocycles. The lowest BCUT2D eigenvalue weighted by molar-refractivity contribution is 0.149. The van der Waals surface area contributed by atoms with Crippen molar-refractivity contribution < 1.29 is 4.74 Å². The standard InChI is InChI=1S/C15H18Br2Cl2O/c16-9-15(5-3-1-2-4-6-15)10-20-14-8-12(18)11(17)7-13(14)19/h7-8H,1-6,9-10H2. The molecule has 0 aliphatic heterocycles. The van der Waals surface area contributed by atoms with Crippen LogP contribution in [0, 0.1) is 5.41 Å². The van der Waals surface area contributed by atoms with Gasteiger partial charge in [-0.3, -0.25) is 0 Å². The molecule has 0 heterocycles. The van der Waals surface area contributed by atoms with E-state index in [0.29, 0.717) is 22.4 Å². The zero-order valence-electron chi connectivity index (χ0n) is 11.2. The molecule has 20 heavy (non-hydrogen) atoms. The van der Waals surface area contributed by atoms with E-state index in [0.717, 1.165) is 9.80 Å². The maximum atomic E-state index is 6.21. The van der Waals surface area contributed by atoms with E-state index in [-0.39, 0.29) is 5.41 Å². The summed E-state index contributed by atoms with van der Waals surface area (Å²) in [5.74, 6) is 0.671. The number of hydrogen-bond donors (Lipinski definition) is 0. The Morgan fingerprint density at radius 2 is 1.70 bits per heavy atom. The van der Waals surface area contributed by atoms with Gasteiger partial charge in [-0.25, -0.2) is 0 Å². The molecule has 0 spiro atoms. The van der Waals surface area contributed by atoms with Crippen molar-refractivity contribution >= 4 is 55.1 Å². The highest BCUT2D eigenvalue weighted by molar-refractivity contribution is 9.10. The second kappa shape index (κ2) is 7.71. The Hall–Kier alpha value is 0.560. The van der Waals surface area contributed by atoms with Crippen molar-refractivity contribution in [3.63, 3.8) is 0 Å². The van der Waals surface area contributed by atoms with Crippen molar-refractivity contribution in [3.8, 4) is 5.75 Å². The summed E-state index contributed by atoms with van der Waals surface area (Å²) in [5.41, 5.74) is 0.222. The summed E-state index contributed by atoms with van der Waals surface area (Å²) < 4.78 is 6.79. The van der Waals surface area contributed by atoms with E-state index in [1.54, 1.807) is 12.1 Å². The largest absolute Gasteiger partial charge is 0.491 e. The van der Waals surface area contributed by atoms with Crippen molar-refractivity contribution in [2.45, 2.75) is 38.5 Å². The Labute approximate surface area is 147 Å². The molecule has 5 heteroatoms. The maximum absolute atomic E-state index is 6.21. The predicted molar refractivity (Wildman–Crippen MR) is 93.6 cm³/mol. The quantitative estimate of drug-likeness (QED) is 0.279. The molecular weight excluding hydrogens is 427 g/mol. The van der Waals surface area contributed by atoms with Crippen LogP contribution in [0.3, 0.4) is 0 Å². The predicted octanol–water partition coefficient (Wildman–Crippen LogP) is 6.87. The molecule has 1 aliphatic rings. The highest BCUT2D eigenvalue weighted by Gasteiger charge is 2.31. The molecule has 0 unspecified atom stereocenters. The molecule has 0 atom stereocenters. The van der Waals surface area contributed by atoms with Crippen LogP contribution in [0.5, 0.6) is 5.75 Å². The minimum atomic E-state index is 0.222. The van der Waals surface area contributed by atoms with Gasteiger partial charge in [0.2, 0.25) is 0 Å². The third kappa shape index (κ3) is 4.28. The summed E-state index contributed by atoms with van der Waals surface area (Å²) in [6.07, 6.45) is 7.65. The number of alkyl halides is 1. The molecule has 0 aromatic heterocycles. The Morgan fingerprint density at radius 1 is 1.05 bits per heavy atom. The molecule has 0 amide bonds. The van der Waals surface area contributed by atoms with Crippen LogP contribution in [0.15, 0.2) is 16.6 Å². The SMILES string of the molecule is Clc1cc(OCC2(CBr)CCCCCC2)c(Cl)cc1Br. The molecule has 0 N–H and O–H groups in total. The summed E-state index contributed by atoms with van der Waals surface area (Å²) in [6, 6.07) is 3.57. The monoisotopic (exact) mass is 442 g/mol. The molecule has 1 nitrogen and oxygen atoms in total. The lowest BCUT2D eigenvalue weighted by atomic mass is 9.83. The van der Waals surface area contributed by atoms with Gasteiger partial charge in [-0.1, -0.05) is 64.8 Å². The van der Waals surface area contributed by atoms with E-state index in [4.69, 9.17) is 27.9 Å². The molecule has 0 radical (unpaired) electrons. The lowest BCUT2D eigenvalue weighted by Gasteiger charge is -2.30. The van der Waals surface area contributed by atoms with Crippen LogP contribution in [0.1, 0.15) is 38.5 Å². The number of ether oxygens (including phenoxy) is 1. The van der Waals surface area contributed by atoms with Crippen molar-refractivity contribution in [2.75, 3.05) is 11.9 Å². The van der Waals surface area contributed by atoms with E-state index >= 15 is 0 Å². The first-order valence-electron chi connectivity index (χ1n) is 6.90. The second-order valence-corrected chi connectivity index (χ2v) is 7.76. The molecule has 1 aliphatic carbocycles. The molecule has 1 aromatic rings. The molecule has 1 fully saturated rings. The van der Waals surface area contributed by atoms with Crippen LogP contribution < -0.4 is 4.74 Å². The highest BCUT2D eigenvalue weighted by Crippen LogP contribution is 2.39. The molecular formula is C15H18Br2Cl2O. The van der Waals surface area contributed by atoms with E-state index in [1.165, 1.54) is 38.5 Å². The first kappa shape index (κ1) is 16.9. The third-order valence-corrected chi connectivity index (χ3v) is 6.64. The van der Waals surface area contributed by atoms with E-state index in [2.05, 4.69) is 31.9 Å². The van der Waals surface area contributed by atoms with Gasteiger partial charge in [0.25, 0.3) is 0 Å². The summed E-state index contributed by atoms with van der Waals surface area (Å²) >= 11 is 19.4. The topological polar surface area (TPSA) is 9.23 Å². The first-order valence-corrected chi connectivity index (χ1v) is 9.57. The number of hydrogen-bond acceptors (Lipinski definition) is 1. The Balaban J connectivity index is 2.08. The number of rotatable bonds is 4. The zero-order valence-corrected chi connectivity index (χ0v) is 15.9. The van der Waals surface area contributed by atoms with Crippen LogP contribution in [-0.4, -0.2) is 11.9 Å². The highest BCUT2D eigenvalue weighted by atomic mass is 79.9. The minimum Gasteiger partial charge on any atom is -0.491 e. The van der Waals surface area contributed by atoms with E-state index in [1.807, 2.05) is 0 Å². The van der Waals surface area contributed by atoms with Crippen molar-refractivity contribution in [1.82, 2.24) is 0 Å². The molecule has 0 bridgehead atoms. The Bertz CT molecular complexity index is 457. The van der Waals surface area contributed by atoms with Gasteiger partial charge in [-0.2, -0.15) is 0 Å². The molecule has 1 aromatic carbocycles. The Kier molecular flexibility index (Phi) is 6.52. The average Bonchev–Trinajstić information content (AvgIpc) is 2.67. The smallest absolute Gasteiger partial charge is 0.139 e. The third-order valence-electron chi connectivity index (χ3n) is 3.96. The maximum Gasteiger partial charge on any atom is 0.139 e. The summed E-state index contributed by atoms with van der Waals surface area (Å²) in [4.78, 5) is 0. The van der Waals surface area contributed by atoms with E-state index < -0.39 is 0 Å². The zero-order chi connectivity index (χ0) is 14.6. The van der Waals surface area contributed by atoms with Crippen molar-refractivity contribution in [2.24, 2.45) is 5.41 Å². The first-order chi connectivity index (χ1) is 9.56. The summed E-state index contributed by atoms with van der Waals surface area (Å²) in [7, 11) is 0. The van der Waals surface area contributed by atoms with Crippen LogP contribution in [0.4, 0.5) is 0 Å². The minimum absolute atomic E-state index is 0.222. The molecule has 112 valence electrons. The van der Waals surface area contributed by atoms with Crippen LogP contribution in [0.25, 0.3) is 0 Å². The van der Waals surface area contributed by atoms with Gasteiger partial charge in [-0.05, 0) is 34.8 Å². The van der Waals surface area contributed by atoms with Crippen LogP contribution >= 0.6 is 55.1 Å². The second-order valence-electron chi connectivity index (χ2n) is 5.53. The normalized spacial score (nSPS) is 18.6. The van der Waals surface area contributed by atoms with Crippen molar-refractivity contribution in [3.05, 3.63) is 26.7 Å². The van der Waals surface area contributed by atoms with Crippen LogP contribution in [0.2, 0.25) is 10.0 Å². The fraction of sp³-hybridized carbons (Fsp3) is 0.600. The van der Waals surface area contributed by atoms with Gasteiger partial charge >= 0.3 is 0 Å². The van der Waals surface area contributed by atoms with E-state index in [9.17, 15) is 0 Å². The van der Waals surface area contributed by atoms with Gasteiger partial charge < -0.3 is 4.74 Å². The summed E-state index contributed by atoms with van der Waals surface area (Å²) in [5, 5.41) is 2.19. The van der Waals surface area contributed by atoms with Gasteiger partial charge in [0, 0.05) is 21.3 Å². The van der Waals surface area contributed by atoms with Gasteiger partial charge in [0.1, 0.15) is 5.75 Å². The van der Waals surface area contributed by atoms with Gasteiger partial charge in [0.05, 0.1) is 16.7 Å². The van der Waals surface area contributed by atoms with Crippen LogP contribution in [-0.2, 0) is 0 Å². The Morgan fingerprint density at radius 3 is 2.30 bits per heavy atom.